The molecule has 0 radical (unpaired) electrons. The molecule has 0 amide bonds. The first-order chi connectivity index (χ1) is 10.2. The number of ether oxygens (including phenoxy) is 1. The van der Waals surface area contributed by atoms with Crippen LogP contribution in [-0.4, -0.2) is 24.0 Å². The van der Waals surface area contributed by atoms with Gasteiger partial charge in [-0.15, -0.1) is 0 Å². The summed E-state index contributed by atoms with van der Waals surface area (Å²) < 4.78 is 5.78. The third-order valence-corrected chi connectivity index (χ3v) is 3.50. The monoisotopic (exact) mass is 282 g/mol. The topological polar surface area (TPSA) is 75.2 Å². The van der Waals surface area contributed by atoms with Crippen molar-refractivity contribution >= 4 is 17.3 Å². The lowest BCUT2D eigenvalue weighted by molar-refractivity contribution is 0.322. The molecule has 1 aromatic heterocycles. The molecular weight excluding hydrogens is 264 g/mol. The van der Waals surface area contributed by atoms with E-state index in [9.17, 15) is 0 Å². The minimum Gasteiger partial charge on any atom is -0.491 e. The second kappa shape index (κ2) is 5.44. The van der Waals surface area contributed by atoms with E-state index in [4.69, 9.17) is 15.9 Å². The number of para-hydroxylation sites is 2. The zero-order chi connectivity index (χ0) is 14.8. The molecule has 2 heterocycles. The molecule has 2 aromatic rings. The quantitative estimate of drug-likeness (QED) is 0.656. The maximum absolute atomic E-state index is 7.78. The summed E-state index contributed by atoms with van der Waals surface area (Å²) >= 11 is 0. The van der Waals surface area contributed by atoms with Gasteiger partial charge in [0, 0.05) is 12.2 Å². The van der Waals surface area contributed by atoms with Crippen molar-refractivity contribution in [2.45, 2.75) is 13.3 Å². The average Bonchev–Trinajstić information content (AvgIpc) is 2.69. The Kier molecular flexibility index (Phi) is 3.48. The second-order valence-corrected chi connectivity index (χ2v) is 5.06. The van der Waals surface area contributed by atoms with Crippen LogP contribution < -0.4 is 15.4 Å². The van der Waals surface area contributed by atoms with Gasteiger partial charge in [-0.1, -0.05) is 12.1 Å². The number of rotatable bonds is 2. The van der Waals surface area contributed by atoms with Crippen molar-refractivity contribution in [2.24, 2.45) is 5.73 Å². The maximum Gasteiger partial charge on any atom is 0.144 e. The average molecular weight is 282 g/mol. The van der Waals surface area contributed by atoms with Gasteiger partial charge in [0.2, 0.25) is 0 Å². The van der Waals surface area contributed by atoms with Crippen LogP contribution in [0.1, 0.15) is 17.7 Å². The highest BCUT2D eigenvalue weighted by molar-refractivity contribution is 6.00. The van der Waals surface area contributed by atoms with Crippen LogP contribution in [0.4, 0.5) is 11.5 Å². The fourth-order valence-corrected chi connectivity index (χ4v) is 2.51. The standard InChI is InChI=1S/C16H18N4O/c1-11-7-8-12(15(17)18)16(19-11)20-9-4-10-21-14-6-3-2-5-13(14)20/h2-3,5-8H,4,9-10H2,1H3,(H3,17,18). The Morgan fingerprint density at radius 3 is 2.90 bits per heavy atom. The number of benzene rings is 1. The van der Waals surface area contributed by atoms with E-state index >= 15 is 0 Å². The predicted octanol–water partition coefficient (Wildman–Crippen LogP) is 2.59. The van der Waals surface area contributed by atoms with Crippen LogP contribution >= 0.6 is 0 Å². The van der Waals surface area contributed by atoms with Gasteiger partial charge in [0.15, 0.2) is 0 Å². The lowest BCUT2D eigenvalue weighted by Crippen LogP contribution is -2.24. The zero-order valence-corrected chi connectivity index (χ0v) is 12.0. The first kappa shape index (κ1) is 13.4. The minimum atomic E-state index is 0.0279. The number of nitrogens with two attached hydrogens (primary N) is 1. The van der Waals surface area contributed by atoms with Crippen molar-refractivity contribution < 1.29 is 4.74 Å². The van der Waals surface area contributed by atoms with Crippen LogP contribution in [0, 0.1) is 12.3 Å². The molecule has 0 saturated heterocycles. The van der Waals surface area contributed by atoms with Crippen molar-refractivity contribution in [1.29, 1.82) is 5.41 Å². The number of aryl methyl sites for hydroxylation is 1. The zero-order valence-electron chi connectivity index (χ0n) is 12.0. The Morgan fingerprint density at radius 2 is 2.10 bits per heavy atom. The molecule has 0 atom stereocenters. The van der Waals surface area contributed by atoms with E-state index < -0.39 is 0 Å². The summed E-state index contributed by atoms with van der Waals surface area (Å²) in [5.41, 5.74) is 8.23. The van der Waals surface area contributed by atoms with E-state index in [1.165, 1.54) is 0 Å². The first-order valence-electron chi connectivity index (χ1n) is 6.98. The summed E-state index contributed by atoms with van der Waals surface area (Å²) in [4.78, 5) is 6.70. The van der Waals surface area contributed by atoms with Crippen molar-refractivity contribution in [3.63, 3.8) is 0 Å². The van der Waals surface area contributed by atoms with E-state index in [0.717, 1.165) is 35.9 Å². The first-order valence-corrected chi connectivity index (χ1v) is 6.98. The molecule has 0 fully saturated rings. The van der Waals surface area contributed by atoms with Crippen molar-refractivity contribution in [1.82, 2.24) is 4.98 Å². The smallest absolute Gasteiger partial charge is 0.144 e. The fourth-order valence-electron chi connectivity index (χ4n) is 2.51. The number of pyridine rings is 1. The number of nitrogens with one attached hydrogen (secondary N) is 1. The van der Waals surface area contributed by atoms with E-state index in [1.807, 2.05) is 43.3 Å². The van der Waals surface area contributed by atoms with Crippen LogP contribution in [0.25, 0.3) is 0 Å². The van der Waals surface area contributed by atoms with E-state index in [0.29, 0.717) is 12.2 Å². The van der Waals surface area contributed by atoms with E-state index in [1.54, 1.807) is 0 Å². The largest absolute Gasteiger partial charge is 0.491 e. The molecule has 21 heavy (non-hydrogen) atoms. The lowest BCUT2D eigenvalue weighted by Gasteiger charge is -2.25. The van der Waals surface area contributed by atoms with E-state index in [-0.39, 0.29) is 5.84 Å². The van der Waals surface area contributed by atoms with Crippen molar-refractivity contribution in [3.8, 4) is 5.75 Å². The molecule has 1 aliphatic heterocycles. The van der Waals surface area contributed by atoms with Crippen LogP contribution in [0.3, 0.4) is 0 Å². The number of nitrogens with zero attached hydrogens (tertiary/aromatic N) is 2. The highest BCUT2D eigenvalue weighted by atomic mass is 16.5. The number of amidine groups is 1. The third kappa shape index (κ3) is 2.54. The molecule has 0 unspecified atom stereocenters. The molecule has 0 bridgehead atoms. The van der Waals surface area contributed by atoms with Crippen molar-refractivity contribution in [3.05, 3.63) is 47.7 Å². The Bertz CT molecular complexity index is 684. The highest BCUT2D eigenvalue weighted by Crippen LogP contribution is 2.36. The molecule has 0 saturated carbocycles. The predicted molar refractivity (Wildman–Crippen MR) is 83.6 cm³/mol. The summed E-state index contributed by atoms with van der Waals surface area (Å²) in [5, 5.41) is 7.78. The Hall–Kier alpha value is -2.56. The number of nitrogen functional groups attached to an aromatic ring is 1. The molecule has 1 aromatic carbocycles. The molecular formula is C16H18N4O. The molecule has 108 valence electrons. The molecule has 0 aliphatic carbocycles. The summed E-state index contributed by atoms with van der Waals surface area (Å²) in [5.74, 6) is 1.59. The van der Waals surface area contributed by atoms with Gasteiger partial charge in [-0.05, 0) is 37.6 Å². The van der Waals surface area contributed by atoms with Crippen LogP contribution in [0.2, 0.25) is 0 Å². The van der Waals surface area contributed by atoms with Gasteiger partial charge >= 0.3 is 0 Å². The fraction of sp³-hybridized carbons (Fsp3) is 0.250. The van der Waals surface area contributed by atoms with Gasteiger partial charge in [-0.3, -0.25) is 5.41 Å². The van der Waals surface area contributed by atoms with Gasteiger partial charge in [-0.2, -0.15) is 0 Å². The number of anilines is 2. The van der Waals surface area contributed by atoms with Crippen LogP contribution in [0.15, 0.2) is 36.4 Å². The number of fused-ring (bicyclic) bond motifs is 1. The number of hydrogen-bond acceptors (Lipinski definition) is 4. The van der Waals surface area contributed by atoms with Crippen LogP contribution in [0.5, 0.6) is 5.75 Å². The molecule has 3 N–H and O–H groups in total. The van der Waals surface area contributed by atoms with Crippen molar-refractivity contribution in [2.75, 3.05) is 18.1 Å². The Balaban J connectivity index is 2.16. The van der Waals surface area contributed by atoms with Gasteiger partial charge in [0.25, 0.3) is 0 Å². The minimum absolute atomic E-state index is 0.0279. The molecule has 5 nitrogen and oxygen atoms in total. The third-order valence-electron chi connectivity index (χ3n) is 3.50. The summed E-state index contributed by atoms with van der Waals surface area (Å²) in [7, 11) is 0. The highest BCUT2D eigenvalue weighted by Gasteiger charge is 2.21. The van der Waals surface area contributed by atoms with Gasteiger partial charge in [0.1, 0.15) is 17.4 Å². The van der Waals surface area contributed by atoms with Crippen LogP contribution in [-0.2, 0) is 0 Å². The van der Waals surface area contributed by atoms with Gasteiger partial charge < -0.3 is 15.4 Å². The molecule has 5 heteroatoms. The summed E-state index contributed by atoms with van der Waals surface area (Å²) in [6.45, 7) is 3.40. The summed E-state index contributed by atoms with van der Waals surface area (Å²) in [6, 6.07) is 11.6. The Morgan fingerprint density at radius 1 is 1.29 bits per heavy atom. The number of aromatic nitrogens is 1. The normalized spacial score (nSPS) is 14.0. The summed E-state index contributed by atoms with van der Waals surface area (Å²) in [6.07, 6.45) is 0.891. The maximum atomic E-state index is 7.78. The van der Waals surface area contributed by atoms with Gasteiger partial charge in [0.05, 0.1) is 17.9 Å². The Labute approximate surface area is 123 Å². The lowest BCUT2D eigenvalue weighted by atomic mass is 10.1. The van der Waals surface area contributed by atoms with E-state index in [2.05, 4.69) is 9.88 Å². The molecule has 0 spiro atoms. The second-order valence-electron chi connectivity index (χ2n) is 5.06. The SMILES string of the molecule is Cc1ccc(C(=N)N)c(N2CCCOc3ccccc32)n1. The van der Waals surface area contributed by atoms with Gasteiger partial charge in [-0.25, -0.2) is 4.98 Å². The number of hydrogen-bond donors (Lipinski definition) is 2. The molecule has 3 rings (SSSR count). The molecule has 1 aliphatic rings.